The van der Waals surface area contributed by atoms with E-state index in [2.05, 4.69) is 0 Å². The predicted octanol–water partition coefficient (Wildman–Crippen LogP) is -2.08. The number of hydrogen-bond acceptors (Lipinski definition) is 6. The van der Waals surface area contributed by atoms with Gasteiger partial charge in [-0.3, -0.25) is 9.59 Å². The van der Waals surface area contributed by atoms with Gasteiger partial charge in [0.1, 0.15) is 0 Å². The maximum atomic E-state index is 11.2. The van der Waals surface area contributed by atoms with Crippen LogP contribution in [0.25, 0.3) is 0 Å². The molecule has 0 aromatic heterocycles. The minimum atomic E-state index is -2.17. The molecule has 0 spiro atoms. The number of carboxylic acids is 4. The van der Waals surface area contributed by atoms with Crippen LogP contribution in [0.3, 0.4) is 0 Å². The fourth-order valence-corrected chi connectivity index (χ4v) is 2.83. The highest BCUT2D eigenvalue weighted by Gasteiger charge is 2.57. The number of aliphatic hydroxyl groups is 2. The Morgan fingerprint density at radius 1 is 0.714 bits per heavy atom. The van der Waals surface area contributed by atoms with E-state index in [4.69, 9.17) is 20.4 Å². The van der Waals surface area contributed by atoms with Gasteiger partial charge in [0.2, 0.25) is 0 Å². The molecular weight excluding hydrogens is 292 g/mol. The molecule has 118 valence electrons. The third-order valence-electron chi connectivity index (χ3n) is 3.74. The molecule has 0 aliphatic heterocycles. The second kappa shape index (κ2) is 6.06. The Kier molecular flexibility index (Phi) is 4.86. The second-order valence-electron chi connectivity index (χ2n) is 4.86. The summed E-state index contributed by atoms with van der Waals surface area (Å²) in [5.74, 6) is -13.5. The largest absolute Gasteiger partial charge is 0.481 e. The molecule has 6 N–H and O–H groups in total. The van der Waals surface area contributed by atoms with Crippen molar-refractivity contribution >= 4 is 23.9 Å². The zero-order chi connectivity index (χ0) is 16.5. The van der Waals surface area contributed by atoms with Gasteiger partial charge in [0.05, 0.1) is 11.8 Å². The highest BCUT2D eigenvalue weighted by molar-refractivity contribution is 5.84. The van der Waals surface area contributed by atoms with E-state index < -0.39 is 66.2 Å². The van der Waals surface area contributed by atoms with Crippen molar-refractivity contribution in [2.45, 2.75) is 18.6 Å². The summed E-state index contributed by atoms with van der Waals surface area (Å²) in [6, 6.07) is 0. The van der Waals surface area contributed by atoms with E-state index in [0.29, 0.717) is 0 Å². The fourth-order valence-electron chi connectivity index (χ4n) is 2.83. The maximum Gasteiger partial charge on any atom is 0.332 e. The molecular formula is C11H14O10. The highest BCUT2D eigenvalue weighted by Crippen LogP contribution is 2.45. The Morgan fingerprint density at radius 3 is 1.19 bits per heavy atom. The standard InChI is InChI=1S/C11H14O10/c12-6(10(18)19)2-1-3(7(13)11(20)21)5(9(16)17)4(2)8(14)15/h2-7,12-13H,1H2,(H,14,15)(H,16,17)(H,18,19)(H,20,21). The van der Waals surface area contributed by atoms with Gasteiger partial charge in [-0.1, -0.05) is 0 Å². The van der Waals surface area contributed by atoms with Crippen LogP contribution in [-0.2, 0) is 19.2 Å². The van der Waals surface area contributed by atoms with E-state index in [-0.39, 0.29) is 0 Å². The maximum absolute atomic E-state index is 11.2. The van der Waals surface area contributed by atoms with Crippen LogP contribution >= 0.6 is 0 Å². The molecule has 10 nitrogen and oxygen atoms in total. The number of aliphatic hydroxyl groups excluding tert-OH is 2. The number of carboxylic acid groups (broad SMARTS) is 4. The van der Waals surface area contributed by atoms with Crippen LogP contribution in [0.5, 0.6) is 0 Å². The first-order valence-electron chi connectivity index (χ1n) is 5.87. The van der Waals surface area contributed by atoms with Gasteiger partial charge in [0, 0.05) is 11.8 Å². The van der Waals surface area contributed by atoms with Gasteiger partial charge in [-0.2, -0.15) is 0 Å². The van der Waals surface area contributed by atoms with Crippen molar-refractivity contribution in [2.75, 3.05) is 0 Å². The third kappa shape index (κ3) is 3.11. The normalized spacial score (nSPS) is 31.3. The summed E-state index contributed by atoms with van der Waals surface area (Å²) in [4.78, 5) is 43.9. The molecule has 1 fully saturated rings. The van der Waals surface area contributed by atoms with Crippen molar-refractivity contribution in [3.05, 3.63) is 0 Å². The first-order valence-corrected chi connectivity index (χ1v) is 5.87. The van der Waals surface area contributed by atoms with Gasteiger partial charge in [0.25, 0.3) is 0 Å². The highest BCUT2D eigenvalue weighted by atomic mass is 16.4. The van der Waals surface area contributed by atoms with Crippen molar-refractivity contribution in [3.8, 4) is 0 Å². The molecule has 0 bridgehead atoms. The van der Waals surface area contributed by atoms with Gasteiger partial charge in [-0.25, -0.2) is 9.59 Å². The molecule has 1 saturated carbocycles. The molecule has 1 aliphatic carbocycles. The SMILES string of the molecule is O=C(O)C(O)C1CC(C(O)C(=O)O)C(C(=O)O)C1C(=O)O. The zero-order valence-corrected chi connectivity index (χ0v) is 10.5. The van der Waals surface area contributed by atoms with E-state index in [1.165, 1.54) is 0 Å². The Hall–Kier alpha value is -2.20. The summed E-state index contributed by atoms with van der Waals surface area (Å²) in [7, 11) is 0. The Bertz CT molecular complexity index is 430. The number of aliphatic carboxylic acids is 4. The van der Waals surface area contributed by atoms with Crippen LogP contribution in [0, 0.1) is 23.7 Å². The molecule has 0 radical (unpaired) electrons. The summed E-state index contributed by atoms with van der Waals surface area (Å²) >= 11 is 0. The average molecular weight is 306 g/mol. The average Bonchev–Trinajstić information content (AvgIpc) is 2.76. The van der Waals surface area contributed by atoms with Crippen molar-refractivity contribution in [1.82, 2.24) is 0 Å². The Morgan fingerprint density at radius 2 is 1.00 bits per heavy atom. The van der Waals surface area contributed by atoms with Crippen molar-refractivity contribution < 1.29 is 49.8 Å². The van der Waals surface area contributed by atoms with E-state index in [1.54, 1.807) is 0 Å². The van der Waals surface area contributed by atoms with E-state index in [0.717, 1.165) is 0 Å². The van der Waals surface area contributed by atoms with Gasteiger partial charge >= 0.3 is 23.9 Å². The molecule has 1 aliphatic rings. The van der Waals surface area contributed by atoms with E-state index in [1.807, 2.05) is 0 Å². The van der Waals surface area contributed by atoms with E-state index >= 15 is 0 Å². The summed E-state index contributed by atoms with van der Waals surface area (Å²) in [5.41, 5.74) is 0. The molecule has 6 unspecified atom stereocenters. The van der Waals surface area contributed by atoms with Crippen LogP contribution in [0.1, 0.15) is 6.42 Å². The van der Waals surface area contributed by atoms with Crippen molar-refractivity contribution in [3.63, 3.8) is 0 Å². The zero-order valence-electron chi connectivity index (χ0n) is 10.5. The lowest BCUT2D eigenvalue weighted by atomic mass is 9.83. The molecule has 1 rings (SSSR count). The van der Waals surface area contributed by atoms with Crippen molar-refractivity contribution in [2.24, 2.45) is 23.7 Å². The van der Waals surface area contributed by atoms with Gasteiger partial charge in [0.15, 0.2) is 12.2 Å². The molecule has 0 saturated heterocycles. The lowest BCUT2D eigenvalue weighted by Crippen LogP contribution is -2.40. The van der Waals surface area contributed by atoms with E-state index in [9.17, 15) is 29.4 Å². The summed E-state index contributed by atoms with van der Waals surface area (Å²) in [5, 5.41) is 54.6. The van der Waals surface area contributed by atoms with Crippen LogP contribution in [0.4, 0.5) is 0 Å². The molecule has 0 amide bonds. The van der Waals surface area contributed by atoms with Crippen LogP contribution < -0.4 is 0 Å². The predicted molar refractivity (Wildman–Crippen MR) is 61.1 cm³/mol. The van der Waals surface area contributed by atoms with Gasteiger partial charge < -0.3 is 30.6 Å². The molecule has 0 aromatic rings. The molecule has 10 heteroatoms. The molecule has 21 heavy (non-hydrogen) atoms. The number of rotatable bonds is 6. The topological polar surface area (TPSA) is 190 Å². The van der Waals surface area contributed by atoms with Gasteiger partial charge in [-0.15, -0.1) is 0 Å². The Balaban J connectivity index is 3.25. The lowest BCUT2D eigenvalue weighted by Gasteiger charge is -2.22. The minimum Gasteiger partial charge on any atom is -0.481 e. The second-order valence-corrected chi connectivity index (χ2v) is 4.86. The monoisotopic (exact) mass is 306 g/mol. The lowest BCUT2D eigenvalue weighted by molar-refractivity contribution is -0.162. The minimum absolute atomic E-state index is 0.547. The molecule has 6 atom stereocenters. The number of hydrogen-bond donors (Lipinski definition) is 6. The Labute approximate surface area is 117 Å². The van der Waals surface area contributed by atoms with Crippen LogP contribution in [0.15, 0.2) is 0 Å². The third-order valence-corrected chi connectivity index (χ3v) is 3.74. The first kappa shape index (κ1) is 16.9. The first-order chi connectivity index (χ1) is 9.59. The van der Waals surface area contributed by atoms with Crippen LogP contribution in [-0.4, -0.2) is 66.7 Å². The molecule has 0 heterocycles. The van der Waals surface area contributed by atoms with Gasteiger partial charge in [-0.05, 0) is 6.42 Å². The fraction of sp³-hybridized carbons (Fsp3) is 0.636. The quantitative estimate of drug-likeness (QED) is 0.317. The van der Waals surface area contributed by atoms with Crippen LogP contribution in [0.2, 0.25) is 0 Å². The number of carbonyl (C=O) groups is 4. The summed E-state index contributed by atoms with van der Waals surface area (Å²) in [6.07, 6.45) is -4.88. The van der Waals surface area contributed by atoms with Crippen molar-refractivity contribution in [1.29, 1.82) is 0 Å². The smallest absolute Gasteiger partial charge is 0.332 e. The molecule has 0 aromatic carbocycles. The summed E-state index contributed by atoms with van der Waals surface area (Å²) < 4.78 is 0. The summed E-state index contributed by atoms with van der Waals surface area (Å²) in [6.45, 7) is 0.